The van der Waals surface area contributed by atoms with Crippen LogP contribution in [0.3, 0.4) is 0 Å². The molecule has 1 saturated heterocycles. The second-order valence-corrected chi connectivity index (χ2v) is 5.65. The first-order chi connectivity index (χ1) is 9.62. The Morgan fingerprint density at radius 1 is 1.45 bits per heavy atom. The van der Waals surface area contributed by atoms with E-state index in [0.29, 0.717) is 24.8 Å². The van der Waals surface area contributed by atoms with Crippen molar-refractivity contribution in [2.24, 2.45) is 5.92 Å². The van der Waals surface area contributed by atoms with E-state index >= 15 is 0 Å². The highest BCUT2D eigenvalue weighted by molar-refractivity contribution is 5.90. The molecule has 1 aliphatic heterocycles. The van der Waals surface area contributed by atoms with E-state index < -0.39 is 5.60 Å². The predicted molar refractivity (Wildman–Crippen MR) is 71.4 cm³/mol. The van der Waals surface area contributed by atoms with E-state index in [1.165, 1.54) is 19.5 Å². The smallest absolute Gasteiger partial charge is 0.291 e. The Kier molecular flexibility index (Phi) is 3.33. The number of hydrogen-bond acceptors (Lipinski definition) is 5. The maximum atomic E-state index is 12.4. The Balaban J connectivity index is 1.72. The van der Waals surface area contributed by atoms with Crippen LogP contribution in [0.25, 0.3) is 0 Å². The van der Waals surface area contributed by atoms with Crippen molar-refractivity contribution in [2.45, 2.75) is 31.3 Å². The van der Waals surface area contributed by atoms with E-state index in [4.69, 9.17) is 4.74 Å². The van der Waals surface area contributed by atoms with Gasteiger partial charge in [0.1, 0.15) is 0 Å². The summed E-state index contributed by atoms with van der Waals surface area (Å²) in [6.45, 7) is 1.05. The van der Waals surface area contributed by atoms with Crippen LogP contribution >= 0.6 is 0 Å². The van der Waals surface area contributed by atoms with Gasteiger partial charge >= 0.3 is 0 Å². The van der Waals surface area contributed by atoms with E-state index in [9.17, 15) is 9.90 Å². The Morgan fingerprint density at radius 2 is 2.15 bits per heavy atom. The van der Waals surface area contributed by atoms with Gasteiger partial charge in [-0.1, -0.05) is 0 Å². The molecule has 2 fully saturated rings. The monoisotopic (exact) mass is 277 g/mol. The zero-order chi connectivity index (χ0) is 14.2. The van der Waals surface area contributed by atoms with Crippen molar-refractivity contribution in [3.05, 3.63) is 18.2 Å². The lowest BCUT2D eigenvalue weighted by atomic mass is 9.88. The van der Waals surface area contributed by atoms with Gasteiger partial charge in [0.25, 0.3) is 5.91 Å². The molecule has 2 heterocycles. The number of amides is 1. The quantitative estimate of drug-likeness (QED) is 0.887. The summed E-state index contributed by atoms with van der Waals surface area (Å²) in [5.41, 5.74) is -0.708. The van der Waals surface area contributed by atoms with Crippen LogP contribution in [-0.2, 0) is 0 Å². The number of methoxy groups -OCH3 is 1. The maximum absolute atomic E-state index is 12.4. The van der Waals surface area contributed by atoms with Gasteiger partial charge in [0.2, 0.25) is 5.82 Å². The van der Waals surface area contributed by atoms with Crippen molar-refractivity contribution >= 4 is 5.91 Å². The fourth-order valence-electron chi connectivity index (χ4n) is 2.87. The molecule has 1 saturated carbocycles. The van der Waals surface area contributed by atoms with Crippen LogP contribution in [0.1, 0.15) is 36.3 Å². The summed E-state index contributed by atoms with van der Waals surface area (Å²) in [5.74, 6) is 0.821. The summed E-state index contributed by atoms with van der Waals surface area (Å²) in [6.07, 6.45) is 6.71. The molecule has 1 aromatic heterocycles. The van der Waals surface area contributed by atoms with Gasteiger partial charge in [-0.2, -0.15) is 0 Å². The molecule has 108 valence electrons. The van der Waals surface area contributed by atoms with Crippen LogP contribution < -0.4 is 4.74 Å². The summed E-state index contributed by atoms with van der Waals surface area (Å²) in [6, 6.07) is 0. The van der Waals surface area contributed by atoms with Gasteiger partial charge in [0.05, 0.1) is 31.6 Å². The number of aromatic nitrogens is 2. The number of aliphatic hydroxyl groups is 1. The molecule has 1 unspecified atom stereocenters. The highest BCUT2D eigenvalue weighted by atomic mass is 16.5. The minimum atomic E-state index is -0.708. The molecular weight excluding hydrogens is 258 g/mol. The number of hydrogen-bond donors (Lipinski definition) is 1. The molecule has 2 aliphatic rings. The van der Waals surface area contributed by atoms with Crippen molar-refractivity contribution in [1.82, 2.24) is 14.9 Å². The van der Waals surface area contributed by atoms with Gasteiger partial charge in [-0.25, -0.2) is 9.97 Å². The van der Waals surface area contributed by atoms with Crippen LogP contribution in [-0.4, -0.2) is 51.7 Å². The second-order valence-electron chi connectivity index (χ2n) is 5.65. The highest BCUT2D eigenvalue weighted by Crippen LogP contribution is 2.44. The molecule has 1 N–H and O–H groups in total. The average molecular weight is 277 g/mol. The number of carbonyl (C=O) groups is 1. The Hall–Kier alpha value is -1.69. The highest BCUT2D eigenvalue weighted by Gasteiger charge is 2.47. The van der Waals surface area contributed by atoms with Gasteiger partial charge in [0, 0.05) is 6.54 Å². The average Bonchev–Trinajstić information content (AvgIpc) is 3.32. The van der Waals surface area contributed by atoms with E-state index in [-0.39, 0.29) is 11.7 Å². The van der Waals surface area contributed by atoms with Crippen LogP contribution in [0.4, 0.5) is 0 Å². The Labute approximate surface area is 117 Å². The van der Waals surface area contributed by atoms with Crippen molar-refractivity contribution < 1.29 is 14.6 Å². The number of ether oxygens (including phenoxy) is 1. The Morgan fingerprint density at radius 3 is 2.75 bits per heavy atom. The third kappa shape index (κ3) is 2.47. The van der Waals surface area contributed by atoms with Crippen LogP contribution in [0.2, 0.25) is 0 Å². The van der Waals surface area contributed by atoms with Gasteiger partial charge in [-0.05, 0) is 31.6 Å². The first kappa shape index (κ1) is 13.3. The molecule has 0 radical (unpaired) electrons. The van der Waals surface area contributed by atoms with E-state index in [0.717, 1.165) is 25.7 Å². The summed E-state index contributed by atoms with van der Waals surface area (Å²) in [4.78, 5) is 22.1. The van der Waals surface area contributed by atoms with Gasteiger partial charge in [-0.15, -0.1) is 0 Å². The van der Waals surface area contributed by atoms with Crippen LogP contribution in [0.15, 0.2) is 12.4 Å². The second kappa shape index (κ2) is 5.01. The minimum absolute atomic E-state index is 0.158. The third-order valence-corrected chi connectivity index (χ3v) is 4.18. The normalized spacial score (nSPS) is 26.4. The van der Waals surface area contributed by atoms with Crippen molar-refractivity contribution in [3.8, 4) is 5.75 Å². The molecule has 6 heteroatoms. The summed E-state index contributed by atoms with van der Waals surface area (Å²) in [7, 11) is 1.53. The number of β-amino-alcohol motifs (C(OH)–C–C–N with tert-alkyl or cyclic N) is 1. The minimum Gasteiger partial charge on any atom is -0.494 e. The lowest BCUT2D eigenvalue weighted by Gasteiger charge is -2.39. The summed E-state index contributed by atoms with van der Waals surface area (Å²) >= 11 is 0. The molecular formula is C14H19N3O3. The zero-order valence-corrected chi connectivity index (χ0v) is 11.6. The van der Waals surface area contributed by atoms with E-state index in [1.807, 2.05) is 0 Å². The molecule has 3 rings (SSSR count). The molecule has 20 heavy (non-hydrogen) atoms. The fraction of sp³-hybridized carbons (Fsp3) is 0.643. The van der Waals surface area contributed by atoms with Crippen LogP contribution in [0, 0.1) is 5.92 Å². The fourth-order valence-corrected chi connectivity index (χ4v) is 2.87. The molecule has 1 aliphatic carbocycles. The number of likely N-dealkylation sites (tertiary alicyclic amines) is 1. The van der Waals surface area contributed by atoms with Crippen LogP contribution in [0.5, 0.6) is 5.75 Å². The molecule has 0 aromatic carbocycles. The van der Waals surface area contributed by atoms with Gasteiger partial charge in [-0.3, -0.25) is 4.79 Å². The van der Waals surface area contributed by atoms with Crippen molar-refractivity contribution in [1.29, 1.82) is 0 Å². The zero-order valence-electron chi connectivity index (χ0n) is 11.6. The summed E-state index contributed by atoms with van der Waals surface area (Å²) in [5, 5.41) is 10.6. The first-order valence-electron chi connectivity index (χ1n) is 7.00. The molecule has 1 aromatic rings. The van der Waals surface area contributed by atoms with E-state index in [1.54, 1.807) is 4.90 Å². The lowest BCUT2D eigenvalue weighted by molar-refractivity contribution is -0.0410. The molecule has 1 atom stereocenters. The number of rotatable bonds is 3. The largest absolute Gasteiger partial charge is 0.494 e. The molecule has 0 bridgehead atoms. The number of piperidine rings is 1. The molecule has 1 amide bonds. The predicted octanol–water partition coefficient (Wildman–Crippen LogP) is 0.862. The van der Waals surface area contributed by atoms with Crippen molar-refractivity contribution in [3.63, 3.8) is 0 Å². The van der Waals surface area contributed by atoms with Gasteiger partial charge < -0.3 is 14.7 Å². The molecule has 0 spiro atoms. The number of carbonyl (C=O) groups excluding carboxylic acids is 1. The lowest BCUT2D eigenvalue weighted by Crippen LogP contribution is -2.51. The standard InChI is InChI=1S/C14H19N3O3/c1-20-11-7-15-12(16-8-11)13(18)17-6-2-5-14(19,9-17)10-3-4-10/h7-8,10,19H,2-6,9H2,1H3. The third-order valence-electron chi connectivity index (χ3n) is 4.18. The first-order valence-corrected chi connectivity index (χ1v) is 7.00. The molecule has 6 nitrogen and oxygen atoms in total. The number of nitrogens with zero attached hydrogens (tertiary/aromatic N) is 3. The van der Waals surface area contributed by atoms with Crippen molar-refractivity contribution in [2.75, 3.05) is 20.2 Å². The topological polar surface area (TPSA) is 75.5 Å². The SMILES string of the molecule is COc1cnc(C(=O)N2CCCC(O)(C3CC3)C2)nc1. The van der Waals surface area contributed by atoms with E-state index in [2.05, 4.69) is 9.97 Å². The maximum Gasteiger partial charge on any atom is 0.291 e. The summed E-state index contributed by atoms with van der Waals surface area (Å²) < 4.78 is 4.98. The van der Waals surface area contributed by atoms with Gasteiger partial charge in [0.15, 0.2) is 5.75 Å². The Bertz CT molecular complexity index is 501.